The molecule has 2 N–H and O–H groups in total. The molecule has 1 unspecified atom stereocenters. The first-order valence-corrected chi connectivity index (χ1v) is 7.49. The minimum absolute atomic E-state index is 0.0311. The number of nitrogens with zero attached hydrogens (tertiary/aromatic N) is 3. The largest absolute Gasteiger partial charge is 0.373 e. The van der Waals surface area contributed by atoms with E-state index in [0.29, 0.717) is 17.9 Å². The topological polar surface area (TPSA) is 84.8 Å². The van der Waals surface area contributed by atoms with E-state index in [1.807, 2.05) is 31.6 Å². The van der Waals surface area contributed by atoms with Gasteiger partial charge in [-0.05, 0) is 27.2 Å². The van der Waals surface area contributed by atoms with Crippen LogP contribution in [0.5, 0.6) is 0 Å². The van der Waals surface area contributed by atoms with Crippen molar-refractivity contribution in [3.05, 3.63) is 24.2 Å². The van der Waals surface area contributed by atoms with E-state index in [2.05, 4.69) is 20.6 Å². The van der Waals surface area contributed by atoms with Crippen LogP contribution in [-0.4, -0.2) is 44.1 Å². The number of hydrogen-bond acceptors (Lipinski definition) is 4. The Labute approximate surface area is 129 Å². The van der Waals surface area contributed by atoms with Gasteiger partial charge in [0.2, 0.25) is 0 Å². The summed E-state index contributed by atoms with van der Waals surface area (Å²) in [5, 5.41) is 14.1. The quantitative estimate of drug-likeness (QED) is 0.898. The van der Waals surface area contributed by atoms with Gasteiger partial charge in [0, 0.05) is 18.3 Å². The first-order valence-electron chi connectivity index (χ1n) is 7.49. The van der Waals surface area contributed by atoms with Crippen molar-refractivity contribution in [2.45, 2.75) is 45.4 Å². The number of carbonyl (C=O) groups excluding carboxylic acids is 1. The average molecular weight is 303 g/mol. The number of carbonyl (C=O) groups is 1. The molecule has 1 amide bonds. The van der Waals surface area contributed by atoms with Gasteiger partial charge in [0.05, 0.1) is 41.9 Å². The lowest BCUT2D eigenvalue weighted by Gasteiger charge is -2.16. The first-order chi connectivity index (χ1) is 10.5. The standard InChI is InChI=1S/C15H21N5O2/c1-4-20-8-10(6-17-20)13-12(7-16-19-13)14(21)18-11-5-15(2,3)22-9-11/h6-8,11H,4-5,9H2,1-3H3,(H,16,19)(H,18,21). The highest BCUT2D eigenvalue weighted by molar-refractivity contribution is 5.99. The van der Waals surface area contributed by atoms with Crippen molar-refractivity contribution in [3.8, 4) is 11.3 Å². The number of H-pyrrole nitrogens is 1. The summed E-state index contributed by atoms with van der Waals surface area (Å²) in [6.07, 6.45) is 5.98. The van der Waals surface area contributed by atoms with Crippen LogP contribution < -0.4 is 5.32 Å². The zero-order valence-corrected chi connectivity index (χ0v) is 13.1. The maximum atomic E-state index is 12.5. The highest BCUT2D eigenvalue weighted by atomic mass is 16.5. The number of aromatic amines is 1. The monoisotopic (exact) mass is 303 g/mol. The fraction of sp³-hybridized carbons (Fsp3) is 0.533. The third-order valence-corrected chi connectivity index (χ3v) is 3.88. The summed E-state index contributed by atoms with van der Waals surface area (Å²) in [6.45, 7) is 7.40. The molecule has 1 fully saturated rings. The molecule has 22 heavy (non-hydrogen) atoms. The van der Waals surface area contributed by atoms with Crippen molar-refractivity contribution in [2.24, 2.45) is 0 Å². The predicted octanol–water partition coefficient (Wildman–Crippen LogP) is 1.59. The molecule has 0 aromatic carbocycles. The van der Waals surface area contributed by atoms with E-state index in [1.54, 1.807) is 12.4 Å². The zero-order chi connectivity index (χ0) is 15.7. The zero-order valence-electron chi connectivity index (χ0n) is 13.1. The second-order valence-corrected chi connectivity index (χ2v) is 6.19. The number of aromatic nitrogens is 4. The molecule has 0 aliphatic carbocycles. The lowest BCUT2D eigenvalue weighted by molar-refractivity contribution is 0.0355. The third kappa shape index (κ3) is 2.89. The van der Waals surface area contributed by atoms with E-state index < -0.39 is 0 Å². The molecule has 1 aliphatic heterocycles. The fourth-order valence-electron chi connectivity index (χ4n) is 2.74. The van der Waals surface area contributed by atoms with E-state index >= 15 is 0 Å². The van der Waals surface area contributed by atoms with Gasteiger partial charge in [0.15, 0.2) is 0 Å². The van der Waals surface area contributed by atoms with Crippen LogP contribution in [0.15, 0.2) is 18.6 Å². The summed E-state index contributed by atoms with van der Waals surface area (Å²) < 4.78 is 7.46. The van der Waals surface area contributed by atoms with Crippen LogP contribution in [0.1, 0.15) is 37.6 Å². The summed E-state index contributed by atoms with van der Waals surface area (Å²) in [6, 6.07) is 0.0311. The van der Waals surface area contributed by atoms with Gasteiger partial charge in [-0.3, -0.25) is 14.6 Å². The summed E-state index contributed by atoms with van der Waals surface area (Å²) in [4.78, 5) is 12.5. The van der Waals surface area contributed by atoms with Gasteiger partial charge in [-0.25, -0.2) is 0 Å². The smallest absolute Gasteiger partial charge is 0.255 e. The van der Waals surface area contributed by atoms with Crippen molar-refractivity contribution in [1.82, 2.24) is 25.3 Å². The molecule has 0 bridgehead atoms. The lowest BCUT2D eigenvalue weighted by Crippen LogP contribution is -2.35. The highest BCUT2D eigenvalue weighted by Crippen LogP contribution is 2.25. The number of hydrogen-bond donors (Lipinski definition) is 2. The van der Waals surface area contributed by atoms with Crippen LogP contribution in [0, 0.1) is 0 Å². The Hall–Kier alpha value is -2.15. The minimum atomic E-state index is -0.181. The fourth-order valence-corrected chi connectivity index (χ4v) is 2.74. The van der Waals surface area contributed by atoms with Crippen LogP contribution in [0.2, 0.25) is 0 Å². The van der Waals surface area contributed by atoms with Gasteiger partial charge in [-0.1, -0.05) is 0 Å². The molecule has 2 aromatic heterocycles. The van der Waals surface area contributed by atoms with Gasteiger partial charge in [-0.15, -0.1) is 0 Å². The van der Waals surface area contributed by atoms with Crippen LogP contribution in [0.25, 0.3) is 11.3 Å². The molecule has 3 heterocycles. The third-order valence-electron chi connectivity index (χ3n) is 3.88. The van der Waals surface area contributed by atoms with E-state index in [-0.39, 0.29) is 17.6 Å². The molecule has 118 valence electrons. The van der Waals surface area contributed by atoms with Gasteiger partial charge < -0.3 is 10.1 Å². The Morgan fingerprint density at radius 3 is 3.00 bits per heavy atom. The van der Waals surface area contributed by atoms with E-state index in [1.165, 1.54) is 0 Å². The van der Waals surface area contributed by atoms with Crippen LogP contribution >= 0.6 is 0 Å². The second-order valence-electron chi connectivity index (χ2n) is 6.19. The van der Waals surface area contributed by atoms with Gasteiger partial charge >= 0.3 is 0 Å². The minimum Gasteiger partial charge on any atom is -0.373 e. The molecule has 2 aromatic rings. The summed E-state index contributed by atoms with van der Waals surface area (Å²) in [5.41, 5.74) is 1.89. The molecule has 1 atom stereocenters. The second kappa shape index (κ2) is 5.57. The number of amides is 1. The van der Waals surface area contributed by atoms with Crippen molar-refractivity contribution < 1.29 is 9.53 Å². The van der Waals surface area contributed by atoms with Crippen molar-refractivity contribution in [2.75, 3.05) is 6.61 Å². The molecule has 7 nitrogen and oxygen atoms in total. The lowest BCUT2D eigenvalue weighted by atomic mass is 10.0. The molecular formula is C15H21N5O2. The molecule has 1 aliphatic rings. The first kappa shape index (κ1) is 14.8. The van der Waals surface area contributed by atoms with Crippen LogP contribution in [-0.2, 0) is 11.3 Å². The number of nitrogens with one attached hydrogen (secondary N) is 2. The van der Waals surface area contributed by atoms with Crippen LogP contribution in [0.3, 0.4) is 0 Å². The Morgan fingerprint density at radius 2 is 2.36 bits per heavy atom. The summed E-state index contributed by atoms with van der Waals surface area (Å²) in [7, 11) is 0. The van der Waals surface area contributed by atoms with Gasteiger partial charge in [-0.2, -0.15) is 10.2 Å². The molecule has 0 radical (unpaired) electrons. The Balaban J connectivity index is 1.75. The average Bonchev–Trinajstić information content (AvgIpc) is 3.17. The van der Waals surface area contributed by atoms with Crippen LogP contribution in [0.4, 0.5) is 0 Å². The SMILES string of the molecule is CCn1cc(-c2[nH]ncc2C(=O)NC2COC(C)(C)C2)cn1. The molecule has 0 saturated carbocycles. The Morgan fingerprint density at radius 1 is 1.55 bits per heavy atom. The molecule has 0 spiro atoms. The molecule has 1 saturated heterocycles. The van der Waals surface area contributed by atoms with Crippen molar-refractivity contribution >= 4 is 5.91 Å². The van der Waals surface area contributed by atoms with Crippen molar-refractivity contribution in [3.63, 3.8) is 0 Å². The molecule has 7 heteroatoms. The Kier molecular flexibility index (Phi) is 3.74. The normalized spacial score (nSPS) is 20.2. The predicted molar refractivity (Wildman–Crippen MR) is 81.4 cm³/mol. The van der Waals surface area contributed by atoms with E-state index in [0.717, 1.165) is 18.5 Å². The van der Waals surface area contributed by atoms with Gasteiger partial charge in [0.1, 0.15) is 0 Å². The van der Waals surface area contributed by atoms with Gasteiger partial charge in [0.25, 0.3) is 5.91 Å². The molecule has 3 rings (SSSR count). The number of rotatable bonds is 4. The van der Waals surface area contributed by atoms with Crippen molar-refractivity contribution in [1.29, 1.82) is 0 Å². The summed E-state index contributed by atoms with van der Waals surface area (Å²) >= 11 is 0. The number of ether oxygens (including phenoxy) is 1. The summed E-state index contributed by atoms with van der Waals surface area (Å²) in [5.74, 6) is -0.140. The molecular weight excluding hydrogens is 282 g/mol. The maximum Gasteiger partial charge on any atom is 0.255 e. The van der Waals surface area contributed by atoms with E-state index in [4.69, 9.17) is 4.74 Å². The Bertz CT molecular complexity index is 673. The highest BCUT2D eigenvalue weighted by Gasteiger charge is 2.33. The maximum absolute atomic E-state index is 12.5. The number of aryl methyl sites for hydroxylation is 1. The van der Waals surface area contributed by atoms with E-state index in [9.17, 15) is 4.79 Å².